The minimum absolute atomic E-state index is 0. The second-order valence-electron chi connectivity index (χ2n) is 5.18. The van der Waals surface area contributed by atoms with Gasteiger partial charge in [0.15, 0.2) is 0 Å². The zero-order chi connectivity index (χ0) is 15.1. The van der Waals surface area contributed by atoms with Gasteiger partial charge < -0.3 is 9.52 Å². The molecule has 1 heterocycles. The summed E-state index contributed by atoms with van der Waals surface area (Å²) in [5.41, 5.74) is 3.22. The molecule has 3 aromatic rings. The summed E-state index contributed by atoms with van der Waals surface area (Å²) in [7, 11) is 0. The maximum atomic E-state index is 12.6. The minimum atomic E-state index is -0.953. The van der Waals surface area contributed by atoms with Gasteiger partial charge in [-0.2, -0.15) is 0 Å². The van der Waals surface area contributed by atoms with Crippen LogP contribution in [0.1, 0.15) is 16.7 Å². The third kappa shape index (κ3) is 2.70. The third-order valence-corrected chi connectivity index (χ3v) is 3.81. The van der Waals surface area contributed by atoms with Crippen molar-refractivity contribution in [3.05, 3.63) is 57.2 Å². The van der Waals surface area contributed by atoms with E-state index in [0.717, 1.165) is 11.1 Å². The first-order chi connectivity index (χ1) is 9.99. The molecule has 0 aliphatic heterocycles. The summed E-state index contributed by atoms with van der Waals surface area (Å²) in [6, 6.07) is 8.68. The zero-order valence-electron chi connectivity index (χ0n) is 11.8. The summed E-state index contributed by atoms with van der Waals surface area (Å²) < 4.78 is 5.91. The van der Waals surface area contributed by atoms with Gasteiger partial charge in [-0.15, -0.1) is 0 Å². The Morgan fingerprint density at radius 2 is 1.77 bits per heavy atom. The molecule has 1 N–H and O–H groups in total. The van der Waals surface area contributed by atoms with E-state index in [9.17, 15) is 9.59 Å². The van der Waals surface area contributed by atoms with Crippen LogP contribution in [0.15, 0.2) is 39.5 Å². The van der Waals surface area contributed by atoms with E-state index >= 15 is 0 Å². The van der Waals surface area contributed by atoms with Crippen LogP contribution in [0.2, 0.25) is 0 Å². The quantitative estimate of drug-likeness (QED) is 0.583. The van der Waals surface area contributed by atoms with Crippen molar-refractivity contribution >= 4 is 57.5 Å². The van der Waals surface area contributed by atoms with Crippen molar-refractivity contribution in [2.45, 2.75) is 20.3 Å². The zero-order valence-corrected chi connectivity index (χ0v) is 11.8. The average Bonchev–Trinajstić information content (AvgIpc) is 2.44. The molecule has 4 nitrogen and oxygen atoms in total. The molecule has 22 heavy (non-hydrogen) atoms. The number of carbonyl (C=O) groups is 1. The molecule has 0 spiro atoms. The molecule has 0 saturated heterocycles. The van der Waals surface area contributed by atoms with Gasteiger partial charge >= 0.3 is 35.5 Å². The molecular weight excluding hydrogens is 291 g/mol. The summed E-state index contributed by atoms with van der Waals surface area (Å²) in [5, 5.41) is 9.93. The number of carboxylic acids is 1. The number of rotatable bonds is 2. The predicted octanol–water partition coefficient (Wildman–Crippen LogP) is 2.54. The SMILES string of the molecule is Cc1ccc2c(=O)c3cccc(CC(=O)O)c3oc2c1C.[NaH]. The van der Waals surface area contributed by atoms with Crippen LogP contribution in [-0.4, -0.2) is 40.6 Å². The molecule has 0 atom stereocenters. The van der Waals surface area contributed by atoms with E-state index in [2.05, 4.69) is 0 Å². The summed E-state index contributed by atoms with van der Waals surface area (Å²) in [6.07, 6.45) is -0.170. The second-order valence-corrected chi connectivity index (χ2v) is 5.18. The van der Waals surface area contributed by atoms with Crippen LogP contribution < -0.4 is 5.43 Å². The number of benzene rings is 2. The van der Waals surface area contributed by atoms with E-state index in [1.807, 2.05) is 19.9 Å². The fourth-order valence-corrected chi connectivity index (χ4v) is 2.53. The molecule has 0 amide bonds. The van der Waals surface area contributed by atoms with Crippen LogP contribution in [0, 0.1) is 13.8 Å². The topological polar surface area (TPSA) is 67.5 Å². The van der Waals surface area contributed by atoms with E-state index < -0.39 is 5.97 Å². The number of aryl methyl sites for hydroxylation is 2. The molecule has 0 bridgehead atoms. The van der Waals surface area contributed by atoms with Crippen molar-refractivity contribution in [3.63, 3.8) is 0 Å². The first-order valence-corrected chi connectivity index (χ1v) is 6.65. The van der Waals surface area contributed by atoms with Gasteiger partial charge in [-0.05, 0) is 37.1 Å². The Morgan fingerprint density at radius 3 is 2.45 bits per heavy atom. The fourth-order valence-electron chi connectivity index (χ4n) is 2.53. The Hall–Kier alpha value is -1.62. The average molecular weight is 306 g/mol. The van der Waals surface area contributed by atoms with Crippen LogP contribution in [0.25, 0.3) is 21.9 Å². The van der Waals surface area contributed by atoms with Gasteiger partial charge in [-0.1, -0.05) is 18.2 Å². The molecule has 0 aliphatic carbocycles. The predicted molar refractivity (Wildman–Crippen MR) is 88.0 cm³/mol. The Morgan fingerprint density at radius 1 is 1.09 bits per heavy atom. The van der Waals surface area contributed by atoms with Gasteiger partial charge in [0.25, 0.3) is 0 Å². The van der Waals surface area contributed by atoms with Crippen molar-refractivity contribution in [1.29, 1.82) is 0 Å². The van der Waals surface area contributed by atoms with Crippen molar-refractivity contribution in [3.8, 4) is 0 Å². The normalized spacial score (nSPS) is 10.6. The van der Waals surface area contributed by atoms with Gasteiger partial charge in [-0.25, -0.2) is 0 Å². The van der Waals surface area contributed by atoms with Gasteiger partial charge in [0.1, 0.15) is 11.2 Å². The number of aliphatic carboxylic acids is 1. The first-order valence-electron chi connectivity index (χ1n) is 6.65. The van der Waals surface area contributed by atoms with Crippen LogP contribution in [0.4, 0.5) is 0 Å². The van der Waals surface area contributed by atoms with Crippen LogP contribution in [-0.2, 0) is 11.2 Å². The Kier molecular flexibility index (Phi) is 4.75. The molecule has 0 unspecified atom stereocenters. The van der Waals surface area contributed by atoms with Gasteiger partial charge in [0, 0.05) is 5.56 Å². The van der Waals surface area contributed by atoms with Gasteiger partial charge in [0.05, 0.1) is 17.2 Å². The van der Waals surface area contributed by atoms with Gasteiger partial charge in [-0.3, -0.25) is 9.59 Å². The molecule has 1 aromatic heterocycles. The summed E-state index contributed by atoms with van der Waals surface area (Å²) in [5.74, 6) is -0.953. The van der Waals surface area contributed by atoms with Gasteiger partial charge in [0.2, 0.25) is 5.43 Å². The Bertz CT molecular complexity index is 941. The first kappa shape index (κ1) is 16.7. The van der Waals surface area contributed by atoms with Crippen LogP contribution in [0.3, 0.4) is 0 Å². The molecule has 0 fully saturated rings. The van der Waals surface area contributed by atoms with E-state index in [-0.39, 0.29) is 41.4 Å². The number of fused-ring (bicyclic) bond motifs is 2. The third-order valence-electron chi connectivity index (χ3n) is 3.81. The number of para-hydroxylation sites is 1. The number of carboxylic acid groups (broad SMARTS) is 1. The van der Waals surface area contributed by atoms with Crippen LogP contribution in [0.5, 0.6) is 0 Å². The van der Waals surface area contributed by atoms with E-state index in [1.165, 1.54) is 0 Å². The molecule has 108 valence electrons. The second kappa shape index (κ2) is 6.24. The maximum absolute atomic E-state index is 12.6. The van der Waals surface area contributed by atoms with Crippen molar-refractivity contribution < 1.29 is 14.3 Å². The molecule has 0 aliphatic rings. The molecule has 0 saturated carbocycles. The summed E-state index contributed by atoms with van der Waals surface area (Å²) in [4.78, 5) is 23.5. The van der Waals surface area contributed by atoms with E-state index in [4.69, 9.17) is 9.52 Å². The summed E-state index contributed by atoms with van der Waals surface area (Å²) >= 11 is 0. The molecule has 0 radical (unpaired) electrons. The molecule has 5 heteroatoms. The van der Waals surface area contributed by atoms with Crippen molar-refractivity contribution in [1.82, 2.24) is 0 Å². The summed E-state index contributed by atoms with van der Waals surface area (Å²) in [6.45, 7) is 3.84. The van der Waals surface area contributed by atoms with E-state index in [0.29, 0.717) is 27.5 Å². The molecular formula is C17H15NaO4. The monoisotopic (exact) mass is 306 g/mol. The fraction of sp³-hybridized carbons (Fsp3) is 0.176. The standard InChI is InChI=1S/C17H14O4.Na.H/c1-9-6-7-13-15(20)12-5-3-4-11(8-14(18)19)17(12)21-16(13)10(9)2;;/h3-7H,8H2,1-2H3,(H,18,19);;. The Labute approximate surface area is 149 Å². The van der Waals surface area contributed by atoms with Crippen molar-refractivity contribution in [2.24, 2.45) is 0 Å². The van der Waals surface area contributed by atoms with E-state index in [1.54, 1.807) is 24.3 Å². The van der Waals surface area contributed by atoms with Crippen molar-refractivity contribution in [2.75, 3.05) is 0 Å². The Balaban J connectivity index is 0.00000176. The number of hydrogen-bond acceptors (Lipinski definition) is 3. The molecule has 3 rings (SSSR count). The molecule has 2 aromatic carbocycles. The number of hydrogen-bond donors (Lipinski definition) is 1. The van der Waals surface area contributed by atoms with Crippen LogP contribution >= 0.6 is 0 Å².